The summed E-state index contributed by atoms with van der Waals surface area (Å²) in [5.74, 6) is 1.24. The maximum Gasteiger partial charge on any atom is 0.281 e. The van der Waals surface area contributed by atoms with E-state index in [4.69, 9.17) is 16.6 Å². The van der Waals surface area contributed by atoms with Crippen LogP contribution in [0.4, 0.5) is 17.5 Å². The maximum absolute atomic E-state index is 13.6. The van der Waals surface area contributed by atoms with Crippen LogP contribution in [0.3, 0.4) is 0 Å². The van der Waals surface area contributed by atoms with Gasteiger partial charge in [-0.3, -0.25) is 23.6 Å². The van der Waals surface area contributed by atoms with Gasteiger partial charge in [0, 0.05) is 63.9 Å². The highest BCUT2D eigenvalue weighted by Gasteiger charge is 2.25. The number of piperazine rings is 1. The molecule has 4 heterocycles. The van der Waals surface area contributed by atoms with Crippen LogP contribution < -0.4 is 25.4 Å². The van der Waals surface area contributed by atoms with Gasteiger partial charge in [0.05, 0.1) is 22.6 Å². The molecule has 11 nitrogen and oxygen atoms in total. The summed E-state index contributed by atoms with van der Waals surface area (Å²) in [4.78, 5) is 40.0. The summed E-state index contributed by atoms with van der Waals surface area (Å²) >= 11 is 7.29. The van der Waals surface area contributed by atoms with Crippen molar-refractivity contribution in [2.24, 2.45) is 14.1 Å². The van der Waals surface area contributed by atoms with Crippen LogP contribution in [-0.2, 0) is 14.1 Å². The van der Waals surface area contributed by atoms with Gasteiger partial charge >= 0.3 is 0 Å². The summed E-state index contributed by atoms with van der Waals surface area (Å²) in [7, 11) is 3.72. The number of aromatic nitrogens is 5. The first-order chi connectivity index (χ1) is 19.6. The number of hydrogen-bond acceptors (Lipinski definition) is 9. The van der Waals surface area contributed by atoms with Crippen molar-refractivity contribution in [1.29, 1.82) is 0 Å². The van der Waals surface area contributed by atoms with Crippen molar-refractivity contribution in [3.8, 4) is 0 Å². The van der Waals surface area contributed by atoms with E-state index in [9.17, 15) is 9.59 Å². The molecule has 1 amide bonds. The second-order valence-corrected chi connectivity index (χ2v) is 11.3. The van der Waals surface area contributed by atoms with E-state index < -0.39 is 0 Å². The fourth-order valence-electron chi connectivity index (χ4n) is 5.16. The second-order valence-electron chi connectivity index (χ2n) is 10.3. The van der Waals surface area contributed by atoms with E-state index in [0.29, 0.717) is 35.6 Å². The molecular formula is C28H34ClN9O2S. The largest absolute Gasteiger partial charge is 0.377 e. The smallest absolute Gasteiger partial charge is 0.281 e. The number of rotatable bonds is 7. The van der Waals surface area contributed by atoms with E-state index >= 15 is 0 Å². The molecule has 1 fully saturated rings. The number of fused-ring (bicyclic) bond motifs is 1. The number of pyridine rings is 1. The zero-order valence-electron chi connectivity index (χ0n) is 24.0. The van der Waals surface area contributed by atoms with E-state index in [1.165, 1.54) is 11.9 Å². The molecule has 5 rings (SSSR count). The number of halogens is 1. The summed E-state index contributed by atoms with van der Waals surface area (Å²) < 4.78 is 6.22. The molecule has 0 saturated carbocycles. The number of anilines is 3. The van der Waals surface area contributed by atoms with Crippen LogP contribution in [0.25, 0.3) is 10.9 Å². The zero-order valence-corrected chi connectivity index (χ0v) is 25.6. The number of carbonyl (C=O) groups is 1. The molecule has 0 aliphatic carbocycles. The number of hydrogen-bond donors (Lipinski definition) is 2. The Hall–Kier alpha value is -3.77. The molecule has 1 unspecified atom stereocenters. The van der Waals surface area contributed by atoms with Crippen LogP contribution in [0.5, 0.6) is 0 Å². The summed E-state index contributed by atoms with van der Waals surface area (Å²) in [6.07, 6.45) is 1.76. The van der Waals surface area contributed by atoms with Crippen molar-refractivity contribution in [2.75, 3.05) is 47.6 Å². The quantitative estimate of drug-likeness (QED) is 0.243. The first-order valence-corrected chi connectivity index (χ1v) is 15.0. The molecule has 3 aromatic heterocycles. The molecule has 1 saturated heterocycles. The Morgan fingerprint density at radius 1 is 1.05 bits per heavy atom. The van der Waals surface area contributed by atoms with Gasteiger partial charge in [0.25, 0.3) is 11.5 Å². The van der Waals surface area contributed by atoms with E-state index in [-0.39, 0.29) is 28.4 Å². The average molecular weight is 596 g/mol. The highest BCUT2D eigenvalue weighted by Crippen LogP contribution is 2.29. The molecule has 4 aromatic rings. The summed E-state index contributed by atoms with van der Waals surface area (Å²) in [5, 5.41) is 8.80. The first-order valence-electron chi connectivity index (χ1n) is 13.4. The maximum atomic E-state index is 13.6. The van der Waals surface area contributed by atoms with E-state index in [0.717, 1.165) is 35.7 Å². The standard InChI is InChI=1S/C28H34ClN9O2S/c1-16-13-19(18(3)30-21-7-8-22(29)31-25(21)26(39)34-41-6)24-20(14-16)27(40)35(4)28(32-24)38-11-9-37(10-12-38)23-15-17(2)36(5)33-23/h7-8,13-15,18,30H,9-12H2,1-6H3,(H,34,39). The lowest BCUT2D eigenvalue weighted by Gasteiger charge is -2.36. The van der Waals surface area contributed by atoms with Gasteiger partial charge in [0.1, 0.15) is 5.15 Å². The molecule has 0 radical (unpaired) electrons. The fraction of sp³-hybridized carbons (Fsp3) is 0.393. The number of aryl methyl sites for hydroxylation is 3. The fourth-order valence-corrected chi connectivity index (χ4v) is 5.59. The third-order valence-electron chi connectivity index (χ3n) is 7.43. The molecule has 1 atom stereocenters. The van der Waals surface area contributed by atoms with Crippen molar-refractivity contribution < 1.29 is 4.79 Å². The third kappa shape index (κ3) is 5.71. The summed E-state index contributed by atoms with van der Waals surface area (Å²) in [6.45, 7) is 8.94. The van der Waals surface area contributed by atoms with Gasteiger partial charge in [-0.25, -0.2) is 9.97 Å². The van der Waals surface area contributed by atoms with E-state index in [1.807, 2.05) is 44.6 Å². The minimum atomic E-state index is -0.349. The molecule has 0 bridgehead atoms. The van der Waals surface area contributed by atoms with Crippen LogP contribution >= 0.6 is 23.5 Å². The topological polar surface area (TPSA) is 113 Å². The molecule has 1 aliphatic heterocycles. The first kappa shape index (κ1) is 28.7. The van der Waals surface area contributed by atoms with E-state index in [2.05, 4.69) is 36.0 Å². The molecular weight excluding hydrogens is 562 g/mol. The Bertz CT molecular complexity index is 1660. The molecule has 1 aliphatic rings. The molecule has 1 aromatic carbocycles. The van der Waals surface area contributed by atoms with Crippen LogP contribution in [0.2, 0.25) is 5.15 Å². The Morgan fingerprint density at radius 2 is 1.76 bits per heavy atom. The molecule has 13 heteroatoms. The number of nitrogens with zero attached hydrogens (tertiary/aromatic N) is 7. The summed E-state index contributed by atoms with van der Waals surface area (Å²) in [6, 6.07) is 9.08. The van der Waals surface area contributed by atoms with Crippen molar-refractivity contribution in [3.05, 3.63) is 68.4 Å². The second kappa shape index (κ2) is 11.6. The third-order valence-corrected chi connectivity index (χ3v) is 8.03. The predicted molar refractivity (Wildman–Crippen MR) is 166 cm³/mol. The van der Waals surface area contributed by atoms with Gasteiger partial charge in [-0.2, -0.15) is 5.10 Å². The Labute approximate surface area is 248 Å². The number of amides is 1. The van der Waals surface area contributed by atoms with Crippen LogP contribution in [-0.4, -0.2) is 62.7 Å². The SMILES string of the molecule is CSNC(=O)c1nc(Cl)ccc1NC(C)c1cc(C)cc2c(=O)n(C)c(N3CCN(c4cc(C)n(C)n4)CC3)nc12. The molecule has 216 valence electrons. The minimum absolute atomic E-state index is 0.0990. The van der Waals surface area contributed by atoms with Crippen molar-refractivity contribution in [1.82, 2.24) is 29.0 Å². The lowest BCUT2D eigenvalue weighted by molar-refractivity contribution is 0.0980. The molecule has 2 N–H and O–H groups in total. The van der Waals surface area contributed by atoms with Crippen molar-refractivity contribution >= 4 is 57.8 Å². The zero-order chi connectivity index (χ0) is 29.4. The number of nitrogens with one attached hydrogen (secondary N) is 2. The normalized spacial score (nSPS) is 14.4. The van der Waals surface area contributed by atoms with Gasteiger partial charge < -0.3 is 15.1 Å². The average Bonchev–Trinajstić information content (AvgIpc) is 3.29. The minimum Gasteiger partial charge on any atom is -0.377 e. The lowest BCUT2D eigenvalue weighted by Crippen LogP contribution is -2.48. The predicted octanol–water partition coefficient (Wildman–Crippen LogP) is 3.84. The van der Waals surface area contributed by atoms with Gasteiger partial charge in [-0.15, -0.1) is 0 Å². The molecule has 41 heavy (non-hydrogen) atoms. The lowest BCUT2D eigenvalue weighted by atomic mass is 10.0. The van der Waals surface area contributed by atoms with Gasteiger partial charge in [-0.05, 0) is 44.5 Å². The Morgan fingerprint density at radius 3 is 2.41 bits per heavy atom. The van der Waals surface area contributed by atoms with Crippen LogP contribution in [0, 0.1) is 13.8 Å². The molecule has 0 spiro atoms. The van der Waals surface area contributed by atoms with E-state index in [1.54, 1.807) is 30.0 Å². The Kier molecular flexibility index (Phi) is 8.14. The highest BCUT2D eigenvalue weighted by atomic mass is 35.5. The van der Waals surface area contributed by atoms with Gasteiger partial charge in [0.15, 0.2) is 11.5 Å². The van der Waals surface area contributed by atoms with Crippen LogP contribution in [0.1, 0.15) is 40.3 Å². The number of carbonyl (C=O) groups excluding carboxylic acids is 1. The Balaban J connectivity index is 1.48. The van der Waals surface area contributed by atoms with Gasteiger partial charge in [-0.1, -0.05) is 29.6 Å². The highest BCUT2D eigenvalue weighted by molar-refractivity contribution is 7.97. The van der Waals surface area contributed by atoms with Crippen molar-refractivity contribution in [2.45, 2.75) is 26.8 Å². The van der Waals surface area contributed by atoms with Crippen molar-refractivity contribution in [3.63, 3.8) is 0 Å². The van der Waals surface area contributed by atoms with Gasteiger partial charge in [0.2, 0.25) is 5.95 Å². The van der Waals surface area contributed by atoms with Crippen LogP contribution in [0.15, 0.2) is 35.1 Å². The monoisotopic (exact) mass is 595 g/mol. The number of benzene rings is 1. The summed E-state index contributed by atoms with van der Waals surface area (Å²) in [5.41, 5.74) is 4.17.